The van der Waals surface area contributed by atoms with E-state index in [0.717, 1.165) is 35.4 Å². The molecule has 0 aliphatic carbocycles. The molecular formula is C22H24N4O2. The number of carbonyl (C=O) groups excluding carboxylic acids is 1. The molecule has 1 aliphatic heterocycles. The van der Waals surface area contributed by atoms with Gasteiger partial charge in [-0.05, 0) is 56.5 Å². The number of rotatable bonds is 4. The maximum absolute atomic E-state index is 12.6. The largest absolute Gasteiger partial charge is 0.371 e. The van der Waals surface area contributed by atoms with Crippen LogP contribution in [-0.2, 0) is 11.3 Å². The normalized spacial score (nSPS) is 13.9. The Labute approximate surface area is 163 Å². The van der Waals surface area contributed by atoms with Crippen LogP contribution in [0.1, 0.15) is 24.1 Å². The number of aryl methyl sites for hydroxylation is 2. The van der Waals surface area contributed by atoms with Gasteiger partial charge >= 0.3 is 0 Å². The molecule has 0 spiro atoms. The fourth-order valence-corrected chi connectivity index (χ4v) is 3.89. The van der Waals surface area contributed by atoms with E-state index in [1.807, 2.05) is 37.3 Å². The van der Waals surface area contributed by atoms with Crippen molar-refractivity contribution in [2.24, 2.45) is 0 Å². The molecule has 1 aliphatic rings. The maximum atomic E-state index is 12.6. The lowest BCUT2D eigenvalue weighted by atomic mass is 10.1. The number of aromatic nitrogens is 2. The first-order valence-corrected chi connectivity index (χ1v) is 9.65. The Morgan fingerprint density at radius 3 is 2.50 bits per heavy atom. The van der Waals surface area contributed by atoms with Gasteiger partial charge in [-0.3, -0.25) is 9.59 Å². The second-order valence-corrected chi connectivity index (χ2v) is 7.34. The van der Waals surface area contributed by atoms with Crippen LogP contribution >= 0.6 is 0 Å². The van der Waals surface area contributed by atoms with Crippen LogP contribution in [0, 0.1) is 13.8 Å². The number of fused-ring (bicyclic) bond motifs is 1. The predicted molar refractivity (Wildman–Crippen MR) is 112 cm³/mol. The molecule has 1 amide bonds. The molecule has 3 aromatic rings. The molecular weight excluding hydrogens is 352 g/mol. The highest BCUT2D eigenvalue weighted by Gasteiger charge is 2.15. The van der Waals surface area contributed by atoms with Gasteiger partial charge < -0.3 is 10.2 Å². The average molecular weight is 376 g/mol. The van der Waals surface area contributed by atoms with Crippen molar-refractivity contribution in [3.63, 3.8) is 0 Å². The van der Waals surface area contributed by atoms with E-state index in [1.165, 1.54) is 23.2 Å². The van der Waals surface area contributed by atoms with Crippen LogP contribution in [0.5, 0.6) is 0 Å². The Morgan fingerprint density at radius 1 is 1.07 bits per heavy atom. The van der Waals surface area contributed by atoms with Crippen LogP contribution in [0.2, 0.25) is 0 Å². The quantitative estimate of drug-likeness (QED) is 0.759. The summed E-state index contributed by atoms with van der Waals surface area (Å²) < 4.78 is 1.23. The zero-order chi connectivity index (χ0) is 19.7. The molecule has 144 valence electrons. The summed E-state index contributed by atoms with van der Waals surface area (Å²) in [4.78, 5) is 27.5. The summed E-state index contributed by atoms with van der Waals surface area (Å²) in [6.07, 6.45) is 2.45. The topological polar surface area (TPSA) is 67.2 Å². The third kappa shape index (κ3) is 3.50. The van der Waals surface area contributed by atoms with Crippen molar-refractivity contribution in [1.29, 1.82) is 0 Å². The van der Waals surface area contributed by atoms with Crippen molar-refractivity contribution in [3.8, 4) is 0 Å². The summed E-state index contributed by atoms with van der Waals surface area (Å²) in [5, 5.41) is 8.58. The third-order valence-electron chi connectivity index (χ3n) is 5.27. The minimum atomic E-state index is -0.266. The minimum absolute atomic E-state index is 0.114. The van der Waals surface area contributed by atoms with E-state index in [2.05, 4.69) is 28.3 Å². The molecule has 0 saturated carbocycles. The number of nitrogens with one attached hydrogen (secondary N) is 1. The summed E-state index contributed by atoms with van der Waals surface area (Å²) in [5.41, 5.74) is 3.57. The van der Waals surface area contributed by atoms with Crippen molar-refractivity contribution in [1.82, 2.24) is 9.78 Å². The summed E-state index contributed by atoms with van der Waals surface area (Å²) in [6, 6.07) is 13.3. The molecule has 0 unspecified atom stereocenters. The number of benzene rings is 2. The first-order chi connectivity index (χ1) is 13.5. The number of hydrogen-bond donors (Lipinski definition) is 1. The van der Waals surface area contributed by atoms with Gasteiger partial charge in [-0.2, -0.15) is 5.10 Å². The highest BCUT2D eigenvalue weighted by molar-refractivity contribution is 5.91. The van der Waals surface area contributed by atoms with E-state index < -0.39 is 0 Å². The van der Waals surface area contributed by atoms with Crippen molar-refractivity contribution in [2.75, 3.05) is 23.3 Å². The number of nitrogens with zero attached hydrogens (tertiary/aromatic N) is 3. The molecule has 2 aromatic carbocycles. The second-order valence-electron chi connectivity index (χ2n) is 7.34. The smallest absolute Gasteiger partial charge is 0.275 e. The van der Waals surface area contributed by atoms with E-state index >= 15 is 0 Å². The maximum Gasteiger partial charge on any atom is 0.275 e. The van der Waals surface area contributed by atoms with E-state index in [0.29, 0.717) is 5.39 Å². The Kier molecular flexibility index (Phi) is 4.86. The molecule has 1 aromatic heterocycles. The van der Waals surface area contributed by atoms with E-state index in [-0.39, 0.29) is 18.0 Å². The van der Waals surface area contributed by atoms with Crippen molar-refractivity contribution in [3.05, 3.63) is 64.1 Å². The molecule has 0 bridgehead atoms. The van der Waals surface area contributed by atoms with Gasteiger partial charge in [0.15, 0.2) is 0 Å². The van der Waals surface area contributed by atoms with Gasteiger partial charge in [-0.15, -0.1) is 0 Å². The number of anilines is 2. The number of carbonyl (C=O) groups is 1. The van der Waals surface area contributed by atoms with Crippen molar-refractivity contribution in [2.45, 2.75) is 33.2 Å². The lowest BCUT2D eigenvalue weighted by Crippen LogP contribution is -2.30. The second kappa shape index (κ2) is 7.46. The zero-order valence-electron chi connectivity index (χ0n) is 16.2. The first-order valence-electron chi connectivity index (χ1n) is 9.65. The van der Waals surface area contributed by atoms with E-state index in [4.69, 9.17) is 0 Å². The van der Waals surface area contributed by atoms with Gasteiger partial charge in [-0.25, -0.2) is 4.68 Å². The highest BCUT2D eigenvalue weighted by atomic mass is 16.2. The van der Waals surface area contributed by atoms with Gasteiger partial charge in [0, 0.05) is 29.9 Å². The SMILES string of the molecule is Cc1cc(NC(=O)Cn2nc(C)c3ccccc3c2=O)ccc1N1CCCC1. The molecule has 1 fully saturated rings. The molecule has 2 heterocycles. The Bertz CT molecular complexity index is 1100. The van der Waals surface area contributed by atoms with Crippen molar-refractivity contribution < 1.29 is 4.79 Å². The molecule has 0 atom stereocenters. The van der Waals surface area contributed by atoms with Gasteiger partial charge in [0.2, 0.25) is 5.91 Å². The molecule has 6 heteroatoms. The van der Waals surface area contributed by atoms with Gasteiger partial charge in [0.1, 0.15) is 6.54 Å². The molecule has 4 rings (SSSR count). The Morgan fingerprint density at radius 2 is 1.79 bits per heavy atom. The van der Waals surface area contributed by atoms with Crippen LogP contribution in [0.3, 0.4) is 0 Å². The van der Waals surface area contributed by atoms with Gasteiger partial charge in [0.25, 0.3) is 5.56 Å². The molecule has 6 nitrogen and oxygen atoms in total. The zero-order valence-corrected chi connectivity index (χ0v) is 16.2. The molecule has 28 heavy (non-hydrogen) atoms. The standard InChI is InChI=1S/C22H24N4O2/c1-15-13-17(9-10-20(15)25-11-5-6-12-25)23-21(27)14-26-22(28)19-8-4-3-7-18(19)16(2)24-26/h3-4,7-10,13H,5-6,11-12,14H2,1-2H3,(H,23,27). The average Bonchev–Trinajstić information content (AvgIpc) is 3.20. The van der Waals surface area contributed by atoms with Crippen molar-refractivity contribution >= 4 is 28.1 Å². The van der Waals surface area contributed by atoms with Crippen LogP contribution in [-0.4, -0.2) is 28.8 Å². The van der Waals surface area contributed by atoms with Crippen LogP contribution < -0.4 is 15.8 Å². The predicted octanol–water partition coefficient (Wildman–Crippen LogP) is 3.25. The van der Waals surface area contributed by atoms with Crippen LogP contribution in [0.25, 0.3) is 10.8 Å². The van der Waals surface area contributed by atoms with Crippen LogP contribution in [0.15, 0.2) is 47.3 Å². The Hall–Kier alpha value is -3.15. The number of amides is 1. The van der Waals surface area contributed by atoms with E-state index in [1.54, 1.807) is 6.07 Å². The molecule has 1 saturated heterocycles. The summed E-state index contributed by atoms with van der Waals surface area (Å²) >= 11 is 0. The number of hydrogen-bond acceptors (Lipinski definition) is 4. The lowest BCUT2D eigenvalue weighted by Gasteiger charge is -2.20. The van der Waals surface area contributed by atoms with E-state index in [9.17, 15) is 9.59 Å². The fourth-order valence-electron chi connectivity index (χ4n) is 3.89. The summed E-state index contributed by atoms with van der Waals surface area (Å²) in [5.74, 6) is -0.266. The third-order valence-corrected chi connectivity index (χ3v) is 5.27. The summed E-state index contributed by atoms with van der Waals surface area (Å²) in [7, 11) is 0. The highest BCUT2D eigenvalue weighted by Crippen LogP contribution is 2.26. The van der Waals surface area contributed by atoms with Gasteiger partial charge in [-0.1, -0.05) is 18.2 Å². The lowest BCUT2D eigenvalue weighted by molar-refractivity contribution is -0.117. The monoisotopic (exact) mass is 376 g/mol. The van der Waals surface area contributed by atoms with Gasteiger partial charge in [0.05, 0.1) is 11.1 Å². The van der Waals surface area contributed by atoms with Crippen LogP contribution in [0.4, 0.5) is 11.4 Å². The fraction of sp³-hybridized carbons (Fsp3) is 0.318. The molecule has 0 radical (unpaired) electrons. The summed E-state index contributed by atoms with van der Waals surface area (Å²) in [6.45, 7) is 5.96. The first kappa shape index (κ1) is 18.2. The minimum Gasteiger partial charge on any atom is -0.371 e. The molecule has 1 N–H and O–H groups in total. The Balaban J connectivity index is 1.52.